The zero-order valence-corrected chi connectivity index (χ0v) is 10.1. The quantitative estimate of drug-likeness (QED) is 0.791. The average Bonchev–Trinajstić information content (AvgIpc) is 2.42. The van der Waals surface area contributed by atoms with Crippen LogP contribution in [0.15, 0.2) is 5.16 Å². The molecule has 1 N–H and O–H groups in total. The third kappa shape index (κ3) is 2.95. The van der Waals surface area contributed by atoms with Crippen LogP contribution in [0.3, 0.4) is 0 Å². The molecule has 1 rings (SSSR count). The number of thioether (sulfide) groups is 1. The van der Waals surface area contributed by atoms with Gasteiger partial charge in [0.1, 0.15) is 5.82 Å². The van der Waals surface area contributed by atoms with E-state index in [1.807, 2.05) is 32.4 Å². The zero-order chi connectivity index (χ0) is 11.6. The number of rotatable bonds is 3. The molecule has 1 aromatic heterocycles. The molecule has 5 nitrogen and oxygen atoms in total. The normalized spacial score (nSPS) is 11.7. The number of nitrogens with zero attached hydrogens (tertiary/aromatic N) is 3. The van der Waals surface area contributed by atoms with E-state index < -0.39 is 5.97 Å². The van der Waals surface area contributed by atoms with Gasteiger partial charge in [-0.3, -0.25) is 4.79 Å². The number of carboxylic acids is 1. The van der Waals surface area contributed by atoms with Crippen LogP contribution in [-0.4, -0.2) is 31.6 Å². The van der Waals surface area contributed by atoms with Gasteiger partial charge in [0.25, 0.3) is 0 Å². The van der Waals surface area contributed by atoms with Crippen LogP contribution in [-0.2, 0) is 17.3 Å². The van der Waals surface area contributed by atoms with Crippen molar-refractivity contribution in [2.75, 3.05) is 5.75 Å². The van der Waals surface area contributed by atoms with E-state index in [-0.39, 0.29) is 11.2 Å². The Morgan fingerprint density at radius 2 is 2.07 bits per heavy atom. The van der Waals surface area contributed by atoms with Gasteiger partial charge in [-0.15, -0.1) is 10.2 Å². The monoisotopic (exact) mass is 229 g/mol. The summed E-state index contributed by atoms with van der Waals surface area (Å²) in [5.74, 6) is 0.0199. The fourth-order valence-electron chi connectivity index (χ4n) is 1.22. The van der Waals surface area contributed by atoms with E-state index in [0.717, 1.165) is 5.82 Å². The molecule has 0 unspecified atom stereocenters. The summed E-state index contributed by atoms with van der Waals surface area (Å²) in [4.78, 5) is 10.4. The average molecular weight is 229 g/mol. The lowest BCUT2D eigenvalue weighted by molar-refractivity contribution is -0.133. The Kier molecular flexibility index (Phi) is 3.38. The van der Waals surface area contributed by atoms with Crippen LogP contribution < -0.4 is 0 Å². The van der Waals surface area contributed by atoms with Crippen LogP contribution >= 0.6 is 11.8 Å². The minimum Gasteiger partial charge on any atom is -0.481 e. The van der Waals surface area contributed by atoms with E-state index in [4.69, 9.17) is 5.11 Å². The van der Waals surface area contributed by atoms with Crippen molar-refractivity contribution in [1.29, 1.82) is 0 Å². The predicted molar refractivity (Wildman–Crippen MR) is 58.1 cm³/mol. The number of hydrogen-bond donors (Lipinski definition) is 1. The van der Waals surface area contributed by atoms with Crippen LogP contribution in [0.4, 0.5) is 0 Å². The number of carbonyl (C=O) groups is 1. The van der Waals surface area contributed by atoms with Crippen LogP contribution in [0.2, 0.25) is 0 Å². The number of hydrogen-bond acceptors (Lipinski definition) is 4. The first-order chi connectivity index (χ1) is 6.82. The molecule has 0 bridgehead atoms. The molecule has 0 fully saturated rings. The van der Waals surface area contributed by atoms with Gasteiger partial charge in [-0.2, -0.15) is 0 Å². The summed E-state index contributed by atoms with van der Waals surface area (Å²) in [6.07, 6.45) is 0. The molecular formula is C9H15N3O2S. The van der Waals surface area contributed by atoms with Crippen molar-refractivity contribution < 1.29 is 9.90 Å². The summed E-state index contributed by atoms with van der Waals surface area (Å²) in [6, 6.07) is 0. The minimum atomic E-state index is -0.847. The predicted octanol–water partition coefficient (Wildman–Crippen LogP) is 1.29. The molecular weight excluding hydrogens is 214 g/mol. The Hall–Kier alpha value is -1.04. The first-order valence-corrected chi connectivity index (χ1v) is 5.55. The molecule has 0 aliphatic heterocycles. The molecule has 0 saturated heterocycles. The van der Waals surface area contributed by atoms with Crippen LogP contribution in [0.5, 0.6) is 0 Å². The van der Waals surface area contributed by atoms with Crippen LogP contribution in [0.25, 0.3) is 0 Å². The molecule has 0 atom stereocenters. The van der Waals surface area contributed by atoms with E-state index in [9.17, 15) is 4.79 Å². The standard InChI is InChI=1S/C9H15N3O2S/c1-9(2,3)7-10-11-8(12(7)4)15-5-6(13)14/h5H2,1-4H3,(H,13,14). The lowest BCUT2D eigenvalue weighted by Crippen LogP contribution is -2.17. The number of aromatic nitrogens is 3. The molecule has 15 heavy (non-hydrogen) atoms. The van der Waals surface area contributed by atoms with E-state index in [1.54, 1.807) is 0 Å². The van der Waals surface area contributed by atoms with Gasteiger partial charge in [-0.05, 0) is 0 Å². The maximum absolute atomic E-state index is 10.4. The van der Waals surface area contributed by atoms with Crippen molar-refractivity contribution in [3.05, 3.63) is 5.82 Å². The largest absolute Gasteiger partial charge is 0.481 e. The van der Waals surface area contributed by atoms with Crippen molar-refractivity contribution in [2.45, 2.75) is 31.3 Å². The molecule has 0 aromatic carbocycles. The van der Waals surface area contributed by atoms with Crippen molar-refractivity contribution in [1.82, 2.24) is 14.8 Å². The third-order valence-electron chi connectivity index (χ3n) is 1.83. The molecule has 1 heterocycles. The molecule has 84 valence electrons. The smallest absolute Gasteiger partial charge is 0.313 e. The molecule has 1 aromatic rings. The Bertz CT molecular complexity index is 368. The molecule has 0 spiro atoms. The molecule has 0 aliphatic rings. The number of carboxylic acid groups (broad SMARTS) is 1. The van der Waals surface area contributed by atoms with Crippen molar-refractivity contribution >= 4 is 17.7 Å². The first kappa shape index (κ1) is 12.0. The van der Waals surface area contributed by atoms with Crippen LogP contribution in [0.1, 0.15) is 26.6 Å². The van der Waals surface area contributed by atoms with Gasteiger partial charge >= 0.3 is 5.97 Å². The lowest BCUT2D eigenvalue weighted by atomic mass is 9.96. The van der Waals surface area contributed by atoms with Crippen LogP contribution in [0, 0.1) is 0 Å². The second-order valence-electron chi connectivity index (χ2n) is 4.30. The fraction of sp³-hybridized carbons (Fsp3) is 0.667. The molecule has 0 saturated carbocycles. The molecule has 0 radical (unpaired) electrons. The second kappa shape index (κ2) is 4.22. The van der Waals surface area contributed by atoms with E-state index >= 15 is 0 Å². The summed E-state index contributed by atoms with van der Waals surface area (Å²) in [6.45, 7) is 6.13. The molecule has 0 amide bonds. The van der Waals surface area contributed by atoms with Crippen molar-refractivity contribution in [3.63, 3.8) is 0 Å². The zero-order valence-electron chi connectivity index (χ0n) is 9.31. The van der Waals surface area contributed by atoms with Crippen molar-refractivity contribution in [2.24, 2.45) is 7.05 Å². The Balaban J connectivity index is 2.85. The van der Waals surface area contributed by atoms with Gasteiger partial charge in [0.15, 0.2) is 5.16 Å². The summed E-state index contributed by atoms with van der Waals surface area (Å²) in [5, 5.41) is 17.2. The highest BCUT2D eigenvalue weighted by Crippen LogP contribution is 2.23. The lowest BCUT2D eigenvalue weighted by Gasteiger charge is -2.16. The highest BCUT2D eigenvalue weighted by atomic mass is 32.2. The van der Waals surface area contributed by atoms with E-state index in [2.05, 4.69) is 10.2 Å². The molecule has 6 heteroatoms. The topological polar surface area (TPSA) is 68.0 Å². The highest BCUT2D eigenvalue weighted by molar-refractivity contribution is 7.99. The van der Waals surface area contributed by atoms with Gasteiger partial charge in [0, 0.05) is 12.5 Å². The Morgan fingerprint density at radius 3 is 2.47 bits per heavy atom. The summed E-state index contributed by atoms with van der Waals surface area (Å²) >= 11 is 1.18. The second-order valence-corrected chi connectivity index (χ2v) is 5.24. The van der Waals surface area contributed by atoms with Gasteiger partial charge in [-0.1, -0.05) is 32.5 Å². The first-order valence-electron chi connectivity index (χ1n) is 4.57. The minimum absolute atomic E-state index is 0.0100. The van der Waals surface area contributed by atoms with Gasteiger partial charge in [0.2, 0.25) is 0 Å². The Morgan fingerprint density at radius 1 is 1.47 bits per heavy atom. The fourth-order valence-corrected chi connectivity index (χ4v) is 1.85. The number of aliphatic carboxylic acids is 1. The molecule has 0 aliphatic carbocycles. The maximum Gasteiger partial charge on any atom is 0.313 e. The van der Waals surface area contributed by atoms with Gasteiger partial charge in [0.05, 0.1) is 5.75 Å². The van der Waals surface area contributed by atoms with E-state index in [1.165, 1.54) is 11.8 Å². The SMILES string of the molecule is Cn1c(SCC(=O)O)nnc1C(C)(C)C. The summed E-state index contributed by atoms with van der Waals surface area (Å²) < 4.78 is 1.84. The Labute approximate surface area is 92.9 Å². The van der Waals surface area contributed by atoms with Crippen molar-refractivity contribution in [3.8, 4) is 0 Å². The van der Waals surface area contributed by atoms with Gasteiger partial charge < -0.3 is 9.67 Å². The highest BCUT2D eigenvalue weighted by Gasteiger charge is 2.22. The third-order valence-corrected chi connectivity index (χ3v) is 2.84. The maximum atomic E-state index is 10.4. The summed E-state index contributed by atoms with van der Waals surface area (Å²) in [7, 11) is 1.85. The summed E-state index contributed by atoms with van der Waals surface area (Å²) in [5.41, 5.74) is -0.0796. The van der Waals surface area contributed by atoms with E-state index in [0.29, 0.717) is 5.16 Å². The van der Waals surface area contributed by atoms with Gasteiger partial charge in [-0.25, -0.2) is 0 Å².